The molecule has 1 heterocycles. The van der Waals surface area contributed by atoms with Gasteiger partial charge in [0.2, 0.25) is 11.8 Å². The van der Waals surface area contributed by atoms with Gasteiger partial charge in [-0.15, -0.1) is 0 Å². The molecule has 3 rings (SSSR count). The fourth-order valence-corrected chi connectivity index (χ4v) is 3.21. The van der Waals surface area contributed by atoms with Crippen molar-refractivity contribution in [2.24, 2.45) is 5.92 Å². The van der Waals surface area contributed by atoms with Crippen LogP contribution in [0.15, 0.2) is 48.5 Å². The number of nitrogens with one attached hydrogen (secondary N) is 3. The minimum absolute atomic E-state index is 0.0190. The van der Waals surface area contributed by atoms with Gasteiger partial charge >= 0.3 is 6.03 Å². The van der Waals surface area contributed by atoms with Crippen LogP contribution >= 0.6 is 0 Å². The highest BCUT2D eigenvalue weighted by molar-refractivity contribution is 5.95. The van der Waals surface area contributed by atoms with Crippen LogP contribution in [0.25, 0.3) is 0 Å². The number of hydrogen-bond acceptors (Lipinski definition) is 3. The smallest absolute Gasteiger partial charge is 0.321 e. The second kappa shape index (κ2) is 9.18. The molecular formula is C21H23FN4O3. The average Bonchev–Trinajstić information content (AvgIpc) is 2.71. The number of halogens is 1. The van der Waals surface area contributed by atoms with Gasteiger partial charge in [-0.3, -0.25) is 9.59 Å². The zero-order chi connectivity index (χ0) is 20.8. The highest BCUT2D eigenvalue weighted by Gasteiger charge is 2.28. The number of carbonyl (C=O) groups is 3. The summed E-state index contributed by atoms with van der Waals surface area (Å²) in [5.41, 5.74) is 1.14. The van der Waals surface area contributed by atoms with Gasteiger partial charge in [-0.2, -0.15) is 0 Å². The van der Waals surface area contributed by atoms with E-state index in [9.17, 15) is 18.8 Å². The van der Waals surface area contributed by atoms with Gasteiger partial charge in [-0.1, -0.05) is 18.2 Å². The third-order valence-electron chi connectivity index (χ3n) is 4.72. The number of para-hydroxylation sites is 1. The normalized spacial score (nSPS) is 14.2. The van der Waals surface area contributed by atoms with E-state index in [1.165, 1.54) is 25.1 Å². The topological polar surface area (TPSA) is 90.5 Å². The number of anilines is 3. The SMILES string of the molecule is CC(=O)Nc1ccc(F)c(NC(=O)C2CCN(C(=O)Nc3ccccc3)CC2)c1. The first-order valence-corrected chi connectivity index (χ1v) is 9.41. The first-order chi connectivity index (χ1) is 13.9. The van der Waals surface area contributed by atoms with Crippen molar-refractivity contribution in [3.05, 3.63) is 54.3 Å². The first kappa shape index (κ1) is 20.3. The zero-order valence-corrected chi connectivity index (χ0v) is 16.1. The second-order valence-corrected chi connectivity index (χ2v) is 6.92. The lowest BCUT2D eigenvalue weighted by molar-refractivity contribution is -0.121. The summed E-state index contributed by atoms with van der Waals surface area (Å²) in [7, 11) is 0. The number of carbonyl (C=O) groups excluding carboxylic acids is 3. The Morgan fingerprint density at radius 3 is 2.28 bits per heavy atom. The van der Waals surface area contributed by atoms with Crippen molar-refractivity contribution in [1.29, 1.82) is 0 Å². The highest BCUT2D eigenvalue weighted by atomic mass is 19.1. The second-order valence-electron chi connectivity index (χ2n) is 6.92. The van der Waals surface area contributed by atoms with E-state index in [0.717, 1.165) is 0 Å². The number of amides is 4. The Morgan fingerprint density at radius 1 is 0.931 bits per heavy atom. The van der Waals surface area contributed by atoms with E-state index >= 15 is 0 Å². The molecule has 0 spiro atoms. The number of benzene rings is 2. The van der Waals surface area contributed by atoms with E-state index in [1.54, 1.807) is 4.90 Å². The van der Waals surface area contributed by atoms with Crippen LogP contribution in [0.3, 0.4) is 0 Å². The molecule has 29 heavy (non-hydrogen) atoms. The van der Waals surface area contributed by atoms with E-state index < -0.39 is 5.82 Å². The molecule has 3 N–H and O–H groups in total. The minimum Gasteiger partial charge on any atom is -0.326 e. The van der Waals surface area contributed by atoms with Gasteiger partial charge in [0.25, 0.3) is 0 Å². The lowest BCUT2D eigenvalue weighted by Gasteiger charge is -2.31. The van der Waals surface area contributed by atoms with Crippen LogP contribution in [0.1, 0.15) is 19.8 Å². The fraction of sp³-hybridized carbons (Fsp3) is 0.286. The summed E-state index contributed by atoms with van der Waals surface area (Å²) in [6.07, 6.45) is 0.974. The Bertz CT molecular complexity index is 896. The lowest BCUT2D eigenvalue weighted by atomic mass is 9.96. The molecule has 1 saturated heterocycles. The van der Waals surface area contributed by atoms with Crippen molar-refractivity contribution in [3.63, 3.8) is 0 Å². The monoisotopic (exact) mass is 398 g/mol. The summed E-state index contributed by atoms with van der Waals surface area (Å²) >= 11 is 0. The Hall–Kier alpha value is -3.42. The predicted molar refractivity (Wildman–Crippen MR) is 109 cm³/mol. The minimum atomic E-state index is -0.577. The maximum absolute atomic E-state index is 14.0. The molecule has 0 unspecified atom stereocenters. The zero-order valence-electron chi connectivity index (χ0n) is 16.1. The Kier molecular flexibility index (Phi) is 6.43. The van der Waals surface area contributed by atoms with Crippen LogP contribution in [-0.2, 0) is 9.59 Å². The Balaban J connectivity index is 1.54. The first-order valence-electron chi connectivity index (χ1n) is 9.41. The number of piperidine rings is 1. The van der Waals surface area contributed by atoms with Crippen LogP contribution in [0, 0.1) is 11.7 Å². The van der Waals surface area contributed by atoms with Gasteiger partial charge in [0, 0.05) is 37.3 Å². The molecule has 1 aliphatic rings. The quantitative estimate of drug-likeness (QED) is 0.734. The average molecular weight is 398 g/mol. The maximum atomic E-state index is 14.0. The number of urea groups is 1. The molecule has 0 saturated carbocycles. The van der Waals surface area contributed by atoms with Crippen LogP contribution in [0.2, 0.25) is 0 Å². The summed E-state index contributed by atoms with van der Waals surface area (Å²) in [4.78, 5) is 37.7. The molecule has 1 aliphatic heterocycles. The number of rotatable bonds is 4. The van der Waals surface area contributed by atoms with Crippen molar-refractivity contribution in [2.75, 3.05) is 29.0 Å². The molecule has 2 aromatic carbocycles. The Morgan fingerprint density at radius 2 is 1.62 bits per heavy atom. The van der Waals surface area contributed by atoms with Gasteiger partial charge in [-0.05, 0) is 43.2 Å². The van der Waals surface area contributed by atoms with Crippen molar-refractivity contribution in [3.8, 4) is 0 Å². The molecule has 0 aromatic heterocycles. The highest BCUT2D eigenvalue weighted by Crippen LogP contribution is 2.24. The summed E-state index contributed by atoms with van der Waals surface area (Å²) in [6, 6.07) is 13.0. The molecule has 4 amide bonds. The van der Waals surface area contributed by atoms with Gasteiger partial charge in [0.15, 0.2) is 0 Å². The fourth-order valence-electron chi connectivity index (χ4n) is 3.21. The van der Waals surface area contributed by atoms with Crippen LogP contribution in [0.4, 0.5) is 26.2 Å². The molecule has 0 radical (unpaired) electrons. The molecule has 0 atom stereocenters. The molecule has 7 nitrogen and oxygen atoms in total. The van der Waals surface area contributed by atoms with E-state index in [2.05, 4.69) is 16.0 Å². The summed E-state index contributed by atoms with van der Waals surface area (Å²) in [5.74, 6) is -1.48. The number of likely N-dealkylation sites (tertiary alicyclic amines) is 1. The third-order valence-corrected chi connectivity index (χ3v) is 4.72. The van der Waals surface area contributed by atoms with Crippen molar-refractivity contribution < 1.29 is 18.8 Å². The third kappa shape index (κ3) is 5.54. The van der Waals surface area contributed by atoms with E-state index in [1.807, 2.05) is 30.3 Å². The molecular weight excluding hydrogens is 375 g/mol. The van der Waals surface area contributed by atoms with Crippen LogP contribution in [0.5, 0.6) is 0 Å². The van der Waals surface area contributed by atoms with Gasteiger partial charge < -0.3 is 20.9 Å². The van der Waals surface area contributed by atoms with E-state index in [4.69, 9.17) is 0 Å². The summed E-state index contributed by atoms with van der Waals surface area (Å²) in [6.45, 7) is 2.22. The predicted octanol–water partition coefficient (Wildman–Crippen LogP) is 3.67. The van der Waals surface area contributed by atoms with Gasteiger partial charge in [0.05, 0.1) is 5.69 Å². The van der Waals surface area contributed by atoms with Crippen molar-refractivity contribution >= 4 is 34.9 Å². The summed E-state index contributed by atoms with van der Waals surface area (Å²) < 4.78 is 14.0. The molecule has 1 fully saturated rings. The number of hydrogen-bond donors (Lipinski definition) is 3. The molecule has 8 heteroatoms. The van der Waals surface area contributed by atoms with Gasteiger partial charge in [-0.25, -0.2) is 9.18 Å². The molecule has 152 valence electrons. The lowest BCUT2D eigenvalue weighted by Crippen LogP contribution is -2.43. The largest absolute Gasteiger partial charge is 0.326 e. The van der Waals surface area contributed by atoms with Crippen LogP contribution < -0.4 is 16.0 Å². The summed E-state index contributed by atoms with van der Waals surface area (Å²) in [5, 5.41) is 7.98. The van der Waals surface area contributed by atoms with E-state index in [-0.39, 0.29) is 29.5 Å². The molecule has 0 bridgehead atoms. The molecule has 2 aromatic rings. The van der Waals surface area contributed by atoms with Crippen LogP contribution in [-0.4, -0.2) is 35.8 Å². The van der Waals surface area contributed by atoms with Crippen molar-refractivity contribution in [1.82, 2.24) is 4.90 Å². The van der Waals surface area contributed by atoms with Gasteiger partial charge in [0.1, 0.15) is 5.82 Å². The number of nitrogens with zero attached hydrogens (tertiary/aromatic N) is 1. The Labute approximate surface area is 168 Å². The maximum Gasteiger partial charge on any atom is 0.321 e. The van der Waals surface area contributed by atoms with E-state index in [0.29, 0.717) is 37.3 Å². The van der Waals surface area contributed by atoms with Crippen molar-refractivity contribution in [2.45, 2.75) is 19.8 Å². The standard InChI is InChI=1S/C21H23FN4O3/c1-14(27)23-17-7-8-18(22)19(13-17)25-20(28)15-9-11-26(12-10-15)21(29)24-16-5-3-2-4-6-16/h2-8,13,15H,9-12H2,1H3,(H,23,27)(H,24,29)(H,25,28). The molecule has 0 aliphatic carbocycles.